The van der Waals surface area contributed by atoms with Crippen molar-refractivity contribution in [1.82, 2.24) is 10.6 Å². The molecule has 0 aromatic rings. The summed E-state index contributed by atoms with van der Waals surface area (Å²) >= 11 is 0. The van der Waals surface area contributed by atoms with Crippen LogP contribution < -0.4 is 10.6 Å². The SMILES string of the molecule is C=C(N[C@@H](CC(C)C)C(=O)CC)[C@@H](C)[C@@H](CC1=CCCC=C1)NC(C)=O. The number of hydrogen-bond donors (Lipinski definition) is 2. The molecular formula is C22H36N2O2. The molecule has 4 nitrogen and oxygen atoms in total. The number of carbonyl (C=O) groups excluding carboxylic acids is 2. The average molecular weight is 361 g/mol. The van der Waals surface area contributed by atoms with E-state index in [9.17, 15) is 9.59 Å². The van der Waals surface area contributed by atoms with Crippen LogP contribution in [-0.2, 0) is 9.59 Å². The van der Waals surface area contributed by atoms with Gasteiger partial charge in [-0.15, -0.1) is 0 Å². The van der Waals surface area contributed by atoms with Crippen molar-refractivity contribution in [2.24, 2.45) is 11.8 Å². The van der Waals surface area contributed by atoms with Gasteiger partial charge in [-0.05, 0) is 31.6 Å². The van der Waals surface area contributed by atoms with Crippen LogP contribution in [0.2, 0.25) is 0 Å². The van der Waals surface area contributed by atoms with E-state index in [1.807, 2.05) is 6.92 Å². The monoisotopic (exact) mass is 360 g/mol. The smallest absolute Gasteiger partial charge is 0.217 e. The van der Waals surface area contributed by atoms with Gasteiger partial charge in [-0.2, -0.15) is 0 Å². The Morgan fingerprint density at radius 1 is 1.19 bits per heavy atom. The number of amides is 1. The molecular weight excluding hydrogens is 324 g/mol. The number of hydrogen-bond acceptors (Lipinski definition) is 3. The Kier molecular flexibility index (Phi) is 9.39. The number of rotatable bonds is 11. The minimum atomic E-state index is -0.207. The summed E-state index contributed by atoms with van der Waals surface area (Å²) in [5.41, 5.74) is 2.06. The summed E-state index contributed by atoms with van der Waals surface area (Å²) in [5, 5.41) is 6.42. The van der Waals surface area contributed by atoms with E-state index in [2.05, 4.69) is 56.2 Å². The van der Waals surface area contributed by atoms with Crippen molar-refractivity contribution in [2.45, 2.75) is 78.8 Å². The van der Waals surface area contributed by atoms with Gasteiger partial charge in [-0.3, -0.25) is 9.59 Å². The second-order valence-corrected chi connectivity index (χ2v) is 7.73. The molecule has 0 heterocycles. The Bertz CT molecular complexity index is 560. The van der Waals surface area contributed by atoms with E-state index in [0.29, 0.717) is 12.3 Å². The fraction of sp³-hybridized carbons (Fsp3) is 0.636. The highest BCUT2D eigenvalue weighted by Crippen LogP contribution is 2.22. The molecule has 1 amide bonds. The van der Waals surface area contributed by atoms with Crippen LogP contribution in [0.1, 0.15) is 66.7 Å². The highest BCUT2D eigenvalue weighted by molar-refractivity contribution is 5.84. The van der Waals surface area contributed by atoms with Crippen molar-refractivity contribution in [1.29, 1.82) is 0 Å². The molecule has 4 heteroatoms. The predicted octanol–water partition coefficient (Wildman–Crippen LogP) is 4.29. The Morgan fingerprint density at radius 3 is 2.38 bits per heavy atom. The third-order valence-electron chi connectivity index (χ3n) is 4.87. The normalized spacial score (nSPS) is 17.2. The highest BCUT2D eigenvalue weighted by Gasteiger charge is 2.25. The fourth-order valence-corrected chi connectivity index (χ4v) is 3.27. The van der Waals surface area contributed by atoms with E-state index < -0.39 is 0 Å². The number of allylic oxidation sites excluding steroid dienone is 3. The van der Waals surface area contributed by atoms with Gasteiger partial charge >= 0.3 is 0 Å². The maximum atomic E-state index is 12.3. The first-order valence-corrected chi connectivity index (χ1v) is 9.85. The molecule has 0 aromatic heterocycles. The molecule has 2 N–H and O–H groups in total. The van der Waals surface area contributed by atoms with Crippen LogP contribution in [0.15, 0.2) is 36.1 Å². The van der Waals surface area contributed by atoms with Crippen LogP contribution in [0.5, 0.6) is 0 Å². The molecule has 0 bridgehead atoms. The van der Waals surface area contributed by atoms with Gasteiger partial charge in [-0.25, -0.2) is 0 Å². The van der Waals surface area contributed by atoms with Crippen LogP contribution in [0.25, 0.3) is 0 Å². The summed E-state index contributed by atoms with van der Waals surface area (Å²) in [6.45, 7) is 13.9. The van der Waals surface area contributed by atoms with E-state index in [1.165, 1.54) is 5.57 Å². The van der Waals surface area contributed by atoms with Crippen molar-refractivity contribution < 1.29 is 9.59 Å². The Hall–Kier alpha value is -1.84. The highest BCUT2D eigenvalue weighted by atomic mass is 16.1. The van der Waals surface area contributed by atoms with Crippen LogP contribution in [0.3, 0.4) is 0 Å². The van der Waals surface area contributed by atoms with Gasteiger partial charge < -0.3 is 10.6 Å². The summed E-state index contributed by atoms with van der Waals surface area (Å²) in [7, 11) is 0. The topological polar surface area (TPSA) is 58.2 Å². The molecule has 146 valence electrons. The van der Waals surface area contributed by atoms with E-state index in [0.717, 1.165) is 31.4 Å². The van der Waals surface area contributed by atoms with Crippen LogP contribution in [0, 0.1) is 11.8 Å². The lowest BCUT2D eigenvalue weighted by molar-refractivity contribution is -0.121. The summed E-state index contributed by atoms with van der Waals surface area (Å²) < 4.78 is 0. The molecule has 0 aliphatic heterocycles. The molecule has 0 unspecified atom stereocenters. The van der Waals surface area contributed by atoms with E-state index in [1.54, 1.807) is 6.92 Å². The van der Waals surface area contributed by atoms with Gasteiger partial charge in [0.2, 0.25) is 5.91 Å². The molecule has 0 saturated carbocycles. The zero-order valence-electron chi connectivity index (χ0n) is 17.1. The Labute approximate surface area is 159 Å². The predicted molar refractivity (Wildman–Crippen MR) is 109 cm³/mol. The number of nitrogens with one attached hydrogen (secondary N) is 2. The minimum Gasteiger partial charge on any atom is -0.379 e. The van der Waals surface area contributed by atoms with Crippen molar-refractivity contribution in [3.05, 3.63) is 36.1 Å². The number of ketones is 1. The second kappa shape index (κ2) is 11.0. The fourth-order valence-electron chi connectivity index (χ4n) is 3.27. The molecule has 0 spiro atoms. The number of carbonyl (C=O) groups is 2. The van der Waals surface area contributed by atoms with E-state index >= 15 is 0 Å². The minimum absolute atomic E-state index is 0.0226. The van der Waals surface area contributed by atoms with Gasteiger partial charge in [0.25, 0.3) is 0 Å². The summed E-state index contributed by atoms with van der Waals surface area (Å²) in [5.74, 6) is 0.615. The Morgan fingerprint density at radius 2 is 1.88 bits per heavy atom. The van der Waals surface area contributed by atoms with Gasteiger partial charge in [0.1, 0.15) is 0 Å². The Balaban J connectivity index is 2.83. The van der Waals surface area contributed by atoms with Gasteiger partial charge in [-0.1, -0.05) is 58.1 Å². The van der Waals surface area contributed by atoms with Crippen LogP contribution >= 0.6 is 0 Å². The molecule has 3 atom stereocenters. The molecule has 0 saturated heterocycles. The van der Waals surface area contributed by atoms with Crippen molar-refractivity contribution in [2.75, 3.05) is 0 Å². The first-order valence-electron chi connectivity index (χ1n) is 9.85. The average Bonchev–Trinajstić information content (AvgIpc) is 2.59. The zero-order valence-corrected chi connectivity index (χ0v) is 17.1. The van der Waals surface area contributed by atoms with Gasteiger partial charge in [0.05, 0.1) is 6.04 Å². The maximum absolute atomic E-state index is 12.3. The largest absolute Gasteiger partial charge is 0.379 e. The van der Waals surface area contributed by atoms with E-state index in [4.69, 9.17) is 0 Å². The number of Topliss-reactive ketones (excluding diaryl/α,β-unsaturated/α-hetero) is 1. The lowest BCUT2D eigenvalue weighted by atomic mass is 9.89. The van der Waals surface area contributed by atoms with Gasteiger partial charge in [0, 0.05) is 31.0 Å². The second-order valence-electron chi connectivity index (χ2n) is 7.73. The molecule has 0 radical (unpaired) electrons. The summed E-state index contributed by atoms with van der Waals surface area (Å²) in [6, 6.07) is -0.250. The standard InChI is InChI=1S/C22H36N2O2/c1-7-22(26)21(13-15(2)3)23-17(5)16(4)20(24-18(6)25)14-19-11-9-8-10-12-19/h9,11-12,15-16,20-21,23H,5,7-8,10,13-14H2,1-4,6H3,(H,24,25)/t16-,20-,21+/m1/s1. The molecule has 0 aromatic carbocycles. The zero-order chi connectivity index (χ0) is 19.7. The molecule has 1 aliphatic rings. The van der Waals surface area contributed by atoms with Crippen molar-refractivity contribution in [3.8, 4) is 0 Å². The van der Waals surface area contributed by atoms with E-state index in [-0.39, 0.29) is 29.7 Å². The third-order valence-corrected chi connectivity index (χ3v) is 4.87. The van der Waals surface area contributed by atoms with Crippen LogP contribution in [0.4, 0.5) is 0 Å². The molecule has 1 aliphatic carbocycles. The first kappa shape index (κ1) is 22.2. The molecule has 0 fully saturated rings. The third kappa shape index (κ3) is 7.59. The quantitative estimate of drug-likeness (QED) is 0.578. The first-order chi connectivity index (χ1) is 12.2. The van der Waals surface area contributed by atoms with Crippen molar-refractivity contribution in [3.63, 3.8) is 0 Å². The maximum Gasteiger partial charge on any atom is 0.217 e. The van der Waals surface area contributed by atoms with Crippen molar-refractivity contribution >= 4 is 11.7 Å². The molecule has 1 rings (SSSR count). The lowest BCUT2D eigenvalue weighted by Crippen LogP contribution is -2.44. The van der Waals surface area contributed by atoms with Crippen LogP contribution in [-0.4, -0.2) is 23.8 Å². The molecule has 26 heavy (non-hydrogen) atoms. The summed E-state index contributed by atoms with van der Waals surface area (Å²) in [6.07, 6.45) is 10.8. The summed E-state index contributed by atoms with van der Waals surface area (Å²) in [4.78, 5) is 24.0. The lowest BCUT2D eigenvalue weighted by Gasteiger charge is -2.30. The van der Waals surface area contributed by atoms with Gasteiger partial charge in [0.15, 0.2) is 5.78 Å².